The standard InChI is InChI=1S/C26H23N5O3/c32-24(13-15-31-16-14-27-18-31)28-21-10-6-9-20(17-21)26(34)30-23-12-5-4-11-22(23)29-25(33)19-7-2-1-3-8-19/h1-12,14,16-18H,13,15H2,(H,28,32)(H,29,33)(H,30,34). The van der Waals surface area contributed by atoms with E-state index in [0.29, 0.717) is 34.7 Å². The van der Waals surface area contributed by atoms with E-state index in [1.807, 2.05) is 10.6 Å². The Labute approximate surface area is 196 Å². The van der Waals surface area contributed by atoms with Crippen molar-refractivity contribution in [2.75, 3.05) is 16.0 Å². The fourth-order valence-electron chi connectivity index (χ4n) is 3.29. The van der Waals surface area contributed by atoms with E-state index in [-0.39, 0.29) is 24.1 Å². The summed E-state index contributed by atoms with van der Waals surface area (Å²) in [5.74, 6) is -0.807. The minimum Gasteiger partial charge on any atom is -0.337 e. The second-order valence-electron chi connectivity index (χ2n) is 7.50. The van der Waals surface area contributed by atoms with E-state index in [4.69, 9.17) is 0 Å². The minimum absolute atomic E-state index is 0.166. The monoisotopic (exact) mass is 453 g/mol. The average molecular weight is 454 g/mol. The van der Waals surface area contributed by atoms with Crippen molar-refractivity contribution >= 4 is 34.8 Å². The van der Waals surface area contributed by atoms with Gasteiger partial charge in [-0.2, -0.15) is 0 Å². The molecule has 0 radical (unpaired) electrons. The number of anilines is 3. The van der Waals surface area contributed by atoms with Crippen LogP contribution in [0, 0.1) is 0 Å². The van der Waals surface area contributed by atoms with Gasteiger partial charge in [0.05, 0.1) is 17.7 Å². The lowest BCUT2D eigenvalue weighted by molar-refractivity contribution is -0.116. The lowest BCUT2D eigenvalue weighted by Crippen LogP contribution is -2.17. The van der Waals surface area contributed by atoms with Crippen molar-refractivity contribution < 1.29 is 14.4 Å². The molecule has 0 unspecified atom stereocenters. The Kier molecular flexibility index (Phi) is 7.09. The summed E-state index contributed by atoms with van der Waals surface area (Å²) in [5, 5.41) is 8.47. The van der Waals surface area contributed by atoms with Gasteiger partial charge >= 0.3 is 0 Å². The molecule has 3 amide bonds. The van der Waals surface area contributed by atoms with Gasteiger partial charge in [-0.25, -0.2) is 4.98 Å². The number of benzene rings is 3. The summed E-state index contributed by atoms with van der Waals surface area (Å²) in [4.78, 5) is 41.6. The maximum atomic E-state index is 12.9. The summed E-state index contributed by atoms with van der Waals surface area (Å²) in [5.41, 5.74) is 2.35. The highest BCUT2D eigenvalue weighted by atomic mass is 16.2. The van der Waals surface area contributed by atoms with Crippen LogP contribution in [0.25, 0.3) is 0 Å². The Hall–Kier alpha value is -4.72. The molecule has 34 heavy (non-hydrogen) atoms. The van der Waals surface area contributed by atoms with Gasteiger partial charge in [-0.15, -0.1) is 0 Å². The first-order valence-electron chi connectivity index (χ1n) is 10.7. The van der Waals surface area contributed by atoms with Crippen molar-refractivity contribution in [3.05, 3.63) is 109 Å². The van der Waals surface area contributed by atoms with E-state index in [1.165, 1.54) is 0 Å². The van der Waals surface area contributed by atoms with Crippen LogP contribution in [0.3, 0.4) is 0 Å². The molecule has 0 spiro atoms. The number of amides is 3. The van der Waals surface area contributed by atoms with Crippen LogP contribution in [0.4, 0.5) is 17.1 Å². The molecule has 0 fully saturated rings. The second kappa shape index (κ2) is 10.7. The zero-order chi connectivity index (χ0) is 23.8. The molecule has 4 aromatic rings. The topological polar surface area (TPSA) is 105 Å². The molecule has 1 aromatic heterocycles. The van der Waals surface area contributed by atoms with Gasteiger partial charge in [0.25, 0.3) is 11.8 Å². The van der Waals surface area contributed by atoms with Gasteiger partial charge in [0, 0.05) is 42.2 Å². The second-order valence-corrected chi connectivity index (χ2v) is 7.50. The number of aromatic nitrogens is 2. The predicted molar refractivity (Wildman–Crippen MR) is 131 cm³/mol. The molecule has 0 aliphatic rings. The van der Waals surface area contributed by atoms with Gasteiger partial charge in [0.1, 0.15) is 0 Å². The normalized spacial score (nSPS) is 10.4. The SMILES string of the molecule is O=C(CCn1ccnc1)Nc1cccc(C(=O)Nc2ccccc2NC(=O)c2ccccc2)c1. The Morgan fingerprint density at radius 1 is 0.735 bits per heavy atom. The van der Waals surface area contributed by atoms with Gasteiger partial charge in [-0.05, 0) is 42.5 Å². The first-order valence-corrected chi connectivity index (χ1v) is 10.7. The molecule has 8 nitrogen and oxygen atoms in total. The molecule has 3 N–H and O–H groups in total. The Balaban J connectivity index is 1.40. The maximum Gasteiger partial charge on any atom is 0.255 e. The van der Waals surface area contributed by atoms with Gasteiger partial charge in [0.15, 0.2) is 0 Å². The number of nitrogens with one attached hydrogen (secondary N) is 3. The summed E-state index contributed by atoms with van der Waals surface area (Å²) in [6.45, 7) is 0.511. The Morgan fingerprint density at radius 2 is 1.38 bits per heavy atom. The number of hydrogen-bond donors (Lipinski definition) is 3. The lowest BCUT2D eigenvalue weighted by Gasteiger charge is -2.13. The van der Waals surface area contributed by atoms with Crippen LogP contribution in [0.2, 0.25) is 0 Å². The van der Waals surface area contributed by atoms with Crippen molar-refractivity contribution in [2.45, 2.75) is 13.0 Å². The van der Waals surface area contributed by atoms with Gasteiger partial charge in [0.2, 0.25) is 5.91 Å². The first-order chi connectivity index (χ1) is 16.6. The molecule has 0 saturated heterocycles. The van der Waals surface area contributed by atoms with Crippen LogP contribution < -0.4 is 16.0 Å². The zero-order valence-corrected chi connectivity index (χ0v) is 18.3. The van der Waals surface area contributed by atoms with Crippen LogP contribution in [0.15, 0.2) is 97.6 Å². The van der Waals surface area contributed by atoms with Crippen molar-refractivity contribution in [1.82, 2.24) is 9.55 Å². The highest BCUT2D eigenvalue weighted by molar-refractivity contribution is 6.10. The molecule has 0 atom stereocenters. The van der Waals surface area contributed by atoms with Crippen LogP contribution in [0.1, 0.15) is 27.1 Å². The number of aryl methyl sites for hydroxylation is 1. The largest absolute Gasteiger partial charge is 0.337 e. The summed E-state index contributed by atoms with van der Waals surface area (Å²) < 4.78 is 1.82. The highest BCUT2D eigenvalue weighted by Gasteiger charge is 2.13. The summed E-state index contributed by atoms with van der Waals surface area (Å²) in [6, 6.07) is 22.5. The van der Waals surface area contributed by atoms with Gasteiger partial charge in [-0.3, -0.25) is 14.4 Å². The van der Waals surface area contributed by atoms with Crippen molar-refractivity contribution in [2.24, 2.45) is 0 Å². The quantitative estimate of drug-likeness (QED) is 0.367. The molecule has 0 aliphatic heterocycles. The van der Waals surface area contributed by atoms with Gasteiger partial charge < -0.3 is 20.5 Å². The Morgan fingerprint density at radius 3 is 2.06 bits per heavy atom. The number of rotatable bonds is 8. The lowest BCUT2D eigenvalue weighted by atomic mass is 10.1. The van der Waals surface area contributed by atoms with Crippen molar-refractivity contribution in [3.63, 3.8) is 0 Å². The molecule has 170 valence electrons. The third kappa shape index (κ3) is 5.95. The van der Waals surface area contributed by atoms with Crippen LogP contribution in [-0.4, -0.2) is 27.3 Å². The fourth-order valence-corrected chi connectivity index (χ4v) is 3.29. The third-order valence-corrected chi connectivity index (χ3v) is 5.02. The predicted octanol–water partition coefficient (Wildman–Crippen LogP) is 4.42. The molecule has 0 saturated carbocycles. The smallest absolute Gasteiger partial charge is 0.255 e. The van der Waals surface area contributed by atoms with Crippen molar-refractivity contribution in [1.29, 1.82) is 0 Å². The number of hydrogen-bond acceptors (Lipinski definition) is 4. The zero-order valence-electron chi connectivity index (χ0n) is 18.3. The summed E-state index contributed by atoms with van der Waals surface area (Å²) >= 11 is 0. The van der Waals surface area contributed by atoms with E-state index in [1.54, 1.807) is 91.5 Å². The number of nitrogens with zero attached hydrogens (tertiary/aromatic N) is 2. The molecular weight excluding hydrogens is 430 g/mol. The van der Waals surface area contributed by atoms with E-state index in [9.17, 15) is 14.4 Å². The van der Waals surface area contributed by atoms with E-state index < -0.39 is 0 Å². The van der Waals surface area contributed by atoms with E-state index in [0.717, 1.165) is 0 Å². The first kappa shape index (κ1) is 22.5. The molecule has 0 bridgehead atoms. The third-order valence-electron chi connectivity index (χ3n) is 5.02. The van der Waals surface area contributed by atoms with Crippen LogP contribution in [0.5, 0.6) is 0 Å². The average Bonchev–Trinajstić information content (AvgIpc) is 3.38. The van der Waals surface area contributed by atoms with Gasteiger partial charge in [-0.1, -0.05) is 36.4 Å². The fraction of sp³-hybridized carbons (Fsp3) is 0.0769. The Bertz CT molecular complexity index is 1290. The molecule has 0 aliphatic carbocycles. The molecule has 8 heteroatoms. The number of imidazole rings is 1. The molecular formula is C26H23N5O3. The number of carbonyl (C=O) groups is 3. The van der Waals surface area contributed by atoms with Crippen LogP contribution in [-0.2, 0) is 11.3 Å². The molecule has 4 rings (SSSR count). The summed E-state index contributed by atoms with van der Waals surface area (Å²) in [6.07, 6.45) is 5.38. The maximum absolute atomic E-state index is 12.9. The minimum atomic E-state index is -0.365. The number of carbonyl (C=O) groups excluding carboxylic acids is 3. The van der Waals surface area contributed by atoms with Crippen molar-refractivity contribution in [3.8, 4) is 0 Å². The summed E-state index contributed by atoms with van der Waals surface area (Å²) in [7, 11) is 0. The molecule has 3 aromatic carbocycles. The highest BCUT2D eigenvalue weighted by Crippen LogP contribution is 2.23. The molecule has 1 heterocycles. The van der Waals surface area contributed by atoms with E-state index >= 15 is 0 Å². The van der Waals surface area contributed by atoms with Crippen LogP contribution >= 0.6 is 0 Å². The van der Waals surface area contributed by atoms with E-state index in [2.05, 4.69) is 20.9 Å². The number of para-hydroxylation sites is 2.